The van der Waals surface area contributed by atoms with E-state index in [0.29, 0.717) is 5.75 Å². The molecule has 3 nitrogen and oxygen atoms in total. The number of likely N-dealkylation sites (tertiary alicyclic amines) is 1. The molecular weight excluding hydrogens is 232 g/mol. The van der Waals surface area contributed by atoms with Crippen LogP contribution in [0.4, 0.5) is 0 Å². The summed E-state index contributed by atoms with van der Waals surface area (Å²) >= 11 is 1.70. The highest BCUT2D eigenvalue weighted by Gasteiger charge is 2.24. The first-order chi connectivity index (χ1) is 6.38. The number of amides is 1. The summed E-state index contributed by atoms with van der Waals surface area (Å²) < 4.78 is 0.164. The van der Waals surface area contributed by atoms with Gasteiger partial charge in [0.2, 0.25) is 5.91 Å². The van der Waals surface area contributed by atoms with Crippen molar-refractivity contribution in [1.82, 2.24) is 4.90 Å². The molecule has 5 heteroatoms. The Morgan fingerprint density at radius 3 is 2.53 bits per heavy atom. The van der Waals surface area contributed by atoms with E-state index < -0.39 is 0 Å². The van der Waals surface area contributed by atoms with Gasteiger partial charge in [-0.3, -0.25) is 4.79 Å². The Hall–Kier alpha value is 0.0700. The number of thioether (sulfide) groups is 1. The number of carbonyl (C=O) groups excluding carboxylic acids is 1. The summed E-state index contributed by atoms with van der Waals surface area (Å²) in [6.45, 7) is 7.95. The molecule has 1 fully saturated rings. The van der Waals surface area contributed by atoms with E-state index in [9.17, 15) is 4.79 Å². The predicted octanol–water partition coefficient (Wildman–Crippen LogP) is 1.50. The van der Waals surface area contributed by atoms with Gasteiger partial charge in [-0.2, -0.15) is 0 Å². The topological polar surface area (TPSA) is 46.3 Å². The highest BCUT2D eigenvalue weighted by molar-refractivity contribution is 8.01. The maximum Gasteiger partial charge on any atom is 0.232 e. The Morgan fingerprint density at radius 2 is 2.13 bits per heavy atom. The largest absolute Gasteiger partial charge is 0.340 e. The molecule has 90 valence electrons. The smallest absolute Gasteiger partial charge is 0.232 e. The molecule has 1 unspecified atom stereocenters. The molecule has 0 spiro atoms. The molecule has 1 heterocycles. The van der Waals surface area contributed by atoms with Crippen LogP contribution in [0.25, 0.3) is 0 Å². The minimum atomic E-state index is 0. The number of nitrogens with zero attached hydrogens (tertiary/aromatic N) is 1. The molecule has 0 aliphatic carbocycles. The summed E-state index contributed by atoms with van der Waals surface area (Å²) in [4.78, 5) is 13.6. The zero-order valence-corrected chi connectivity index (χ0v) is 11.3. The van der Waals surface area contributed by atoms with Crippen LogP contribution < -0.4 is 5.73 Å². The molecule has 0 aromatic rings. The molecule has 2 N–H and O–H groups in total. The average Bonchev–Trinajstić information content (AvgIpc) is 2.46. The zero-order chi connectivity index (χ0) is 10.8. The quantitative estimate of drug-likeness (QED) is 0.810. The lowest BCUT2D eigenvalue weighted by Gasteiger charge is -2.20. The van der Waals surface area contributed by atoms with Gasteiger partial charge in [-0.25, -0.2) is 0 Å². The fourth-order valence-electron chi connectivity index (χ4n) is 1.38. The van der Waals surface area contributed by atoms with Gasteiger partial charge in [-0.05, 0) is 6.42 Å². The maximum atomic E-state index is 11.7. The summed E-state index contributed by atoms with van der Waals surface area (Å²) in [5.41, 5.74) is 5.74. The number of halogens is 1. The van der Waals surface area contributed by atoms with Crippen molar-refractivity contribution in [2.24, 2.45) is 5.73 Å². The van der Waals surface area contributed by atoms with E-state index in [4.69, 9.17) is 5.73 Å². The average molecular weight is 253 g/mol. The number of nitrogens with two attached hydrogens (primary N) is 1. The Labute approximate surface area is 103 Å². The Kier molecular flexibility index (Phi) is 5.99. The highest BCUT2D eigenvalue weighted by atomic mass is 35.5. The van der Waals surface area contributed by atoms with Gasteiger partial charge in [0.1, 0.15) is 0 Å². The Morgan fingerprint density at radius 1 is 1.53 bits per heavy atom. The first-order valence-electron chi connectivity index (χ1n) is 5.06. The maximum absolute atomic E-state index is 11.7. The van der Waals surface area contributed by atoms with Crippen LogP contribution in [0.5, 0.6) is 0 Å². The molecule has 1 rings (SSSR count). The molecular formula is C10H21ClN2OS. The predicted molar refractivity (Wildman–Crippen MR) is 68.6 cm³/mol. The van der Waals surface area contributed by atoms with Crippen LogP contribution >= 0.6 is 24.2 Å². The highest BCUT2D eigenvalue weighted by Crippen LogP contribution is 2.23. The lowest BCUT2D eigenvalue weighted by atomic mass is 10.3. The fourth-order valence-corrected chi connectivity index (χ4v) is 2.12. The van der Waals surface area contributed by atoms with Crippen molar-refractivity contribution >= 4 is 30.1 Å². The third kappa shape index (κ3) is 5.64. The molecule has 0 saturated carbocycles. The summed E-state index contributed by atoms with van der Waals surface area (Å²) in [5.74, 6) is 0.814. The Balaban J connectivity index is 0.00000196. The second-order valence-corrected chi connectivity index (χ2v) is 6.59. The SMILES string of the molecule is CC(C)(C)SCC(=O)N1CCC(N)C1.Cl. The van der Waals surface area contributed by atoms with Crippen LogP contribution in [-0.4, -0.2) is 40.4 Å². The molecule has 1 aliphatic heterocycles. The number of hydrogen-bond donors (Lipinski definition) is 1. The lowest BCUT2D eigenvalue weighted by molar-refractivity contribution is -0.127. The van der Waals surface area contributed by atoms with Crippen LogP contribution in [-0.2, 0) is 4.79 Å². The van der Waals surface area contributed by atoms with Crippen LogP contribution in [0, 0.1) is 0 Å². The number of rotatable bonds is 2. The molecule has 0 radical (unpaired) electrons. The number of carbonyl (C=O) groups is 1. The monoisotopic (exact) mass is 252 g/mol. The van der Waals surface area contributed by atoms with Crippen LogP contribution in [0.1, 0.15) is 27.2 Å². The van der Waals surface area contributed by atoms with E-state index in [1.807, 2.05) is 4.90 Å². The summed E-state index contributed by atoms with van der Waals surface area (Å²) in [6.07, 6.45) is 0.950. The van der Waals surface area contributed by atoms with Crippen LogP contribution in [0.2, 0.25) is 0 Å². The molecule has 0 bridgehead atoms. The molecule has 0 aromatic heterocycles. The van der Waals surface area contributed by atoms with Gasteiger partial charge < -0.3 is 10.6 Å². The fraction of sp³-hybridized carbons (Fsp3) is 0.900. The molecule has 1 aliphatic rings. The normalized spacial score (nSPS) is 21.3. The second kappa shape index (κ2) is 5.97. The number of hydrogen-bond acceptors (Lipinski definition) is 3. The minimum absolute atomic E-state index is 0. The van der Waals surface area contributed by atoms with Crippen molar-refractivity contribution in [3.63, 3.8) is 0 Å². The van der Waals surface area contributed by atoms with E-state index in [1.54, 1.807) is 11.8 Å². The van der Waals surface area contributed by atoms with Crippen molar-refractivity contribution in [3.8, 4) is 0 Å². The second-order valence-electron chi connectivity index (χ2n) is 4.79. The van der Waals surface area contributed by atoms with Crippen molar-refractivity contribution in [2.45, 2.75) is 38.0 Å². The van der Waals surface area contributed by atoms with E-state index in [2.05, 4.69) is 20.8 Å². The summed E-state index contributed by atoms with van der Waals surface area (Å²) in [6, 6.07) is 0.193. The van der Waals surface area contributed by atoms with Crippen LogP contribution in [0.3, 0.4) is 0 Å². The first-order valence-corrected chi connectivity index (χ1v) is 6.04. The van der Waals surface area contributed by atoms with Gasteiger partial charge in [0.25, 0.3) is 0 Å². The lowest BCUT2D eigenvalue weighted by Crippen LogP contribution is -2.33. The van der Waals surface area contributed by atoms with Crippen molar-refractivity contribution < 1.29 is 4.79 Å². The molecule has 1 atom stereocenters. The van der Waals surface area contributed by atoms with Crippen LogP contribution in [0.15, 0.2) is 0 Å². The van der Waals surface area contributed by atoms with Gasteiger partial charge in [0.15, 0.2) is 0 Å². The summed E-state index contributed by atoms with van der Waals surface area (Å²) in [7, 11) is 0. The molecule has 15 heavy (non-hydrogen) atoms. The first kappa shape index (κ1) is 15.1. The van der Waals surface area contributed by atoms with Gasteiger partial charge in [-0.15, -0.1) is 24.2 Å². The minimum Gasteiger partial charge on any atom is -0.340 e. The van der Waals surface area contributed by atoms with Gasteiger partial charge in [-0.1, -0.05) is 20.8 Å². The standard InChI is InChI=1S/C10H20N2OS.ClH/c1-10(2,3)14-7-9(13)12-5-4-8(11)6-12;/h8H,4-7,11H2,1-3H3;1H. The van der Waals surface area contributed by atoms with Gasteiger partial charge >= 0.3 is 0 Å². The van der Waals surface area contributed by atoms with Crippen molar-refractivity contribution in [3.05, 3.63) is 0 Å². The molecule has 1 amide bonds. The zero-order valence-electron chi connectivity index (χ0n) is 9.66. The third-order valence-electron chi connectivity index (χ3n) is 2.21. The summed E-state index contributed by atoms with van der Waals surface area (Å²) in [5, 5.41) is 0. The van der Waals surface area contributed by atoms with Crippen molar-refractivity contribution in [2.75, 3.05) is 18.8 Å². The van der Waals surface area contributed by atoms with E-state index in [-0.39, 0.29) is 29.1 Å². The molecule has 1 saturated heterocycles. The van der Waals surface area contributed by atoms with E-state index >= 15 is 0 Å². The van der Waals surface area contributed by atoms with E-state index in [1.165, 1.54) is 0 Å². The van der Waals surface area contributed by atoms with Crippen molar-refractivity contribution in [1.29, 1.82) is 0 Å². The van der Waals surface area contributed by atoms with E-state index in [0.717, 1.165) is 19.5 Å². The molecule has 0 aromatic carbocycles. The van der Waals surface area contributed by atoms with Gasteiger partial charge in [0, 0.05) is 23.9 Å². The third-order valence-corrected chi connectivity index (χ3v) is 3.46. The Bertz CT molecular complexity index is 218. The van der Waals surface area contributed by atoms with Gasteiger partial charge in [0.05, 0.1) is 5.75 Å².